The Morgan fingerprint density at radius 2 is 1.65 bits per heavy atom. The first kappa shape index (κ1) is 21.3. The van der Waals surface area contributed by atoms with Crippen LogP contribution in [0, 0.1) is 28.6 Å². The summed E-state index contributed by atoms with van der Waals surface area (Å²) in [5.41, 5.74) is 5.51. The second-order valence-electron chi connectivity index (χ2n) is 8.72. The molecule has 2 saturated carbocycles. The van der Waals surface area contributed by atoms with Crippen molar-refractivity contribution in [3.8, 4) is 0 Å². The third kappa shape index (κ3) is 3.19. The molecule has 4 aliphatic rings. The first-order valence-corrected chi connectivity index (χ1v) is 11.2. The highest BCUT2D eigenvalue weighted by molar-refractivity contribution is 5.36. The Hall–Kier alpha value is -1.04. The summed E-state index contributed by atoms with van der Waals surface area (Å²) < 4.78 is 0. The Morgan fingerprint density at radius 1 is 0.962 bits per heavy atom. The molecule has 0 aromatic heterocycles. The Morgan fingerprint density at radius 3 is 2.31 bits per heavy atom. The second kappa shape index (κ2) is 8.32. The van der Waals surface area contributed by atoms with Crippen LogP contribution in [0.15, 0.2) is 48.1 Å². The molecule has 0 aromatic carbocycles. The number of hydrogen-bond acceptors (Lipinski definition) is 0. The summed E-state index contributed by atoms with van der Waals surface area (Å²) in [5, 5.41) is 0. The van der Waals surface area contributed by atoms with Gasteiger partial charge in [0.1, 0.15) is 0 Å². The van der Waals surface area contributed by atoms with E-state index < -0.39 is 0 Å². The van der Waals surface area contributed by atoms with E-state index in [1.807, 2.05) is 27.7 Å². The van der Waals surface area contributed by atoms with Crippen molar-refractivity contribution in [2.45, 2.75) is 86.5 Å². The van der Waals surface area contributed by atoms with Crippen LogP contribution in [0.1, 0.15) is 86.5 Å². The second-order valence-corrected chi connectivity index (χ2v) is 8.72. The van der Waals surface area contributed by atoms with Crippen LogP contribution in [0.5, 0.6) is 0 Å². The summed E-state index contributed by atoms with van der Waals surface area (Å²) in [6.45, 7) is 21.4. The van der Waals surface area contributed by atoms with Gasteiger partial charge in [0, 0.05) is 0 Å². The van der Waals surface area contributed by atoms with E-state index in [-0.39, 0.29) is 0 Å². The zero-order valence-electron chi connectivity index (χ0n) is 18.3. The van der Waals surface area contributed by atoms with E-state index >= 15 is 0 Å². The summed E-state index contributed by atoms with van der Waals surface area (Å²) in [6, 6.07) is 0. The van der Waals surface area contributed by atoms with Gasteiger partial charge in [0.25, 0.3) is 0 Å². The van der Waals surface area contributed by atoms with Crippen LogP contribution in [0.4, 0.5) is 0 Å². The van der Waals surface area contributed by atoms with E-state index in [9.17, 15) is 0 Å². The van der Waals surface area contributed by atoms with Crippen molar-refractivity contribution in [2.75, 3.05) is 0 Å². The molecule has 5 atom stereocenters. The van der Waals surface area contributed by atoms with Crippen LogP contribution >= 0.6 is 0 Å². The van der Waals surface area contributed by atoms with Crippen LogP contribution < -0.4 is 0 Å². The lowest BCUT2D eigenvalue weighted by molar-refractivity contribution is -0.0257. The van der Waals surface area contributed by atoms with Gasteiger partial charge in [-0.1, -0.05) is 84.1 Å². The van der Waals surface area contributed by atoms with Gasteiger partial charge in [-0.05, 0) is 79.1 Å². The Balaban J connectivity index is 0.000000570. The highest BCUT2D eigenvalue weighted by Gasteiger charge is 2.56. The molecule has 0 spiro atoms. The fourth-order valence-electron chi connectivity index (χ4n) is 6.57. The number of fused-ring (bicyclic) bond motifs is 5. The molecule has 0 heteroatoms. The van der Waals surface area contributed by atoms with Gasteiger partial charge >= 0.3 is 0 Å². The zero-order chi connectivity index (χ0) is 19.5. The first-order chi connectivity index (χ1) is 12.5. The van der Waals surface area contributed by atoms with Crippen molar-refractivity contribution in [3.05, 3.63) is 48.1 Å². The van der Waals surface area contributed by atoms with Gasteiger partial charge in [0.2, 0.25) is 0 Å². The van der Waals surface area contributed by atoms with Crippen LogP contribution in [0.25, 0.3) is 0 Å². The quantitative estimate of drug-likeness (QED) is 0.444. The highest BCUT2D eigenvalue weighted by Crippen LogP contribution is 2.65. The van der Waals surface area contributed by atoms with Crippen molar-refractivity contribution in [1.29, 1.82) is 0 Å². The monoisotopic (exact) mass is 354 g/mol. The summed E-state index contributed by atoms with van der Waals surface area (Å²) in [6.07, 6.45) is 16.4. The molecule has 0 aliphatic heterocycles. The average molecular weight is 355 g/mol. The standard InChI is InChI=1S/C22H30.2C2H6/c1-5-16-7-9-19-18-8-6-17-14-15(2)10-12-22(17,4)20(18)11-13-21(16,19)3;2*1-2/h5,7,14,18-20H,1-2,6,8-13H2,3-4H3;2*1-2H3. The molecule has 26 heavy (non-hydrogen) atoms. The Kier molecular flexibility index (Phi) is 6.81. The van der Waals surface area contributed by atoms with Crippen molar-refractivity contribution in [1.82, 2.24) is 0 Å². The lowest BCUT2D eigenvalue weighted by atomic mass is 9.47. The normalized spacial score (nSPS) is 40.2. The van der Waals surface area contributed by atoms with E-state index in [2.05, 4.69) is 45.2 Å². The zero-order valence-corrected chi connectivity index (χ0v) is 18.3. The molecule has 0 heterocycles. The fourth-order valence-corrected chi connectivity index (χ4v) is 6.57. The first-order valence-electron chi connectivity index (χ1n) is 11.2. The fraction of sp³-hybridized carbons (Fsp3) is 0.692. The summed E-state index contributed by atoms with van der Waals surface area (Å²) in [7, 11) is 0. The molecule has 0 nitrogen and oxygen atoms in total. The van der Waals surface area contributed by atoms with E-state index in [0.717, 1.165) is 17.8 Å². The van der Waals surface area contributed by atoms with E-state index in [0.29, 0.717) is 10.8 Å². The van der Waals surface area contributed by atoms with Crippen LogP contribution in [-0.4, -0.2) is 0 Å². The van der Waals surface area contributed by atoms with Gasteiger partial charge < -0.3 is 0 Å². The van der Waals surface area contributed by atoms with Gasteiger partial charge in [-0.25, -0.2) is 0 Å². The molecule has 5 unspecified atom stereocenters. The molecule has 0 bridgehead atoms. The summed E-state index contributed by atoms with van der Waals surface area (Å²) >= 11 is 0. The molecule has 4 rings (SSSR count). The maximum atomic E-state index is 4.23. The third-order valence-electron chi connectivity index (χ3n) is 7.94. The summed E-state index contributed by atoms with van der Waals surface area (Å²) in [5.74, 6) is 2.68. The average Bonchev–Trinajstić information content (AvgIpc) is 3.02. The molecule has 2 fully saturated rings. The minimum absolute atomic E-state index is 0.415. The Bertz CT molecular complexity index is 589. The largest absolute Gasteiger partial charge is 0.0988 e. The molecule has 0 N–H and O–H groups in total. The SMILES string of the molecule is C=CC1=CCC2C3CCC4=CC(=C)CCC4(C)C3CCC12C.CC.CC. The van der Waals surface area contributed by atoms with Gasteiger partial charge in [0.05, 0.1) is 0 Å². The van der Waals surface area contributed by atoms with Gasteiger partial charge in [-0.3, -0.25) is 0 Å². The predicted octanol–water partition coefficient (Wildman–Crippen LogP) is 8.28. The molecular weight excluding hydrogens is 312 g/mol. The lowest BCUT2D eigenvalue weighted by Gasteiger charge is -2.58. The minimum Gasteiger partial charge on any atom is -0.0988 e. The van der Waals surface area contributed by atoms with Crippen molar-refractivity contribution < 1.29 is 0 Å². The predicted molar refractivity (Wildman–Crippen MR) is 117 cm³/mol. The molecule has 4 aliphatic carbocycles. The lowest BCUT2D eigenvalue weighted by Crippen LogP contribution is -2.49. The maximum absolute atomic E-state index is 4.23. The third-order valence-corrected chi connectivity index (χ3v) is 7.94. The molecular formula is C26H42. The van der Waals surface area contributed by atoms with Crippen LogP contribution in [0.3, 0.4) is 0 Å². The summed E-state index contributed by atoms with van der Waals surface area (Å²) in [4.78, 5) is 0. The smallest absolute Gasteiger partial charge is 0.00446 e. The minimum atomic E-state index is 0.415. The van der Waals surface area contributed by atoms with Crippen molar-refractivity contribution in [2.24, 2.45) is 28.6 Å². The Labute approximate surface area is 163 Å². The molecule has 0 aromatic rings. The van der Waals surface area contributed by atoms with Gasteiger partial charge in [0.15, 0.2) is 0 Å². The van der Waals surface area contributed by atoms with E-state index in [4.69, 9.17) is 0 Å². The van der Waals surface area contributed by atoms with Crippen LogP contribution in [-0.2, 0) is 0 Å². The molecule has 0 amide bonds. The number of allylic oxidation sites excluding steroid dienone is 6. The van der Waals surface area contributed by atoms with Gasteiger partial charge in [-0.2, -0.15) is 0 Å². The van der Waals surface area contributed by atoms with Crippen molar-refractivity contribution >= 4 is 0 Å². The topological polar surface area (TPSA) is 0 Å². The van der Waals surface area contributed by atoms with Gasteiger partial charge in [-0.15, -0.1) is 0 Å². The number of rotatable bonds is 1. The van der Waals surface area contributed by atoms with E-state index in [1.54, 1.807) is 11.1 Å². The maximum Gasteiger partial charge on any atom is -0.00446 e. The number of hydrogen-bond donors (Lipinski definition) is 0. The molecule has 0 radical (unpaired) electrons. The van der Waals surface area contributed by atoms with E-state index in [1.165, 1.54) is 50.5 Å². The van der Waals surface area contributed by atoms with Crippen LogP contribution in [0.2, 0.25) is 0 Å². The molecule has 146 valence electrons. The molecule has 0 saturated heterocycles. The highest BCUT2D eigenvalue weighted by atomic mass is 14.6. The van der Waals surface area contributed by atoms with Crippen molar-refractivity contribution in [3.63, 3.8) is 0 Å².